The summed E-state index contributed by atoms with van der Waals surface area (Å²) in [6.07, 6.45) is 12.7. The molecule has 8 rings (SSSR count). The van der Waals surface area contributed by atoms with Gasteiger partial charge in [0.1, 0.15) is 0 Å². The Morgan fingerprint density at radius 1 is 0.959 bits per heavy atom. The highest BCUT2D eigenvalue weighted by Gasteiger charge is 2.61. The molecule has 0 amide bonds. The average molecular weight is 662 g/mol. The number of hydrogen-bond acceptors (Lipinski definition) is 5. The van der Waals surface area contributed by atoms with Crippen LogP contribution in [-0.2, 0) is 4.74 Å². The zero-order valence-electron chi connectivity index (χ0n) is 30.0. The summed E-state index contributed by atoms with van der Waals surface area (Å²) in [4.78, 5) is 28.8. The fourth-order valence-corrected chi connectivity index (χ4v) is 11.9. The molecule has 1 N–H and O–H groups in total. The largest absolute Gasteiger partial charge is 0.393 e. The van der Waals surface area contributed by atoms with Gasteiger partial charge in [-0.3, -0.25) is 14.5 Å². The molecule has 6 aliphatic rings. The predicted molar refractivity (Wildman–Crippen MR) is 193 cm³/mol. The third-order valence-electron chi connectivity index (χ3n) is 14.5. The van der Waals surface area contributed by atoms with Crippen molar-refractivity contribution in [3.05, 3.63) is 94.1 Å². The zero-order chi connectivity index (χ0) is 34.1. The van der Waals surface area contributed by atoms with Gasteiger partial charge in [0, 0.05) is 41.6 Å². The van der Waals surface area contributed by atoms with Crippen molar-refractivity contribution in [1.82, 2.24) is 4.90 Å². The fraction of sp³-hybridized carbons (Fsp3) is 0.591. The molecule has 2 aliphatic heterocycles. The van der Waals surface area contributed by atoms with Gasteiger partial charge in [-0.25, -0.2) is 0 Å². The Labute approximate surface area is 293 Å². The van der Waals surface area contributed by atoms with Gasteiger partial charge in [0.2, 0.25) is 0 Å². The highest BCUT2D eigenvalue weighted by atomic mass is 16.5. The van der Waals surface area contributed by atoms with Gasteiger partial charge < -0.3 is 9.84 Å². The van der Waals surface area contributed by atoms with E-state index in [2.05, 4.69) is 38.7 Å². The first kappa shape index (κ1) is 33.3. The first-order valence-electron chi connectivity index (χ1n) is 19.3. The van der Waals surface area contributed by atoms with E-state index in [0.717, 1.165) is 57.5 Å². The van der Waals surface area contributed by atoms with Crippen molar-refractivity contribution in [2.75, 3.05) is 13.1 Å². The maximum atomic E-state index is 13.3. The summed E-state index contributed by atoms with van der Waals surface area (Å²) in [6, 6.07) is 16.9. The molecule has 2 saturated carbocycles. The van der Waals surface area contributed by atoms with E-state index in [4.69, 9.17) is 4.74 Å². The third kappa shape index (κ3) is 5.54. The summed E-state index contributed by atoms with van der Waals surface area (Å²) in [5.74, 6) is 3.23. The smallest absolute Gasteiger partial charge is 0.193 e. The van der Waals surface area contributed by atoms with Crippen molar-refractivity contribution < 1.29 is 19.4 Å². The number of benzene rings is 2. The van der Waals surface area contributed by atoms with Gasteiger partial charge in [-0.1, -0.05) is 92.6 Å². The molecular weight excluding hydrogens is 606 g/mol. The van der Waals surface area contributed by atoms with Gasteiger partial charge in [-0.2, -0.15) is 0 Å². The van der Waals surface area contributed by atoms with Gasteiger partial charge in [0.25, 0.3) is 0 Å². The van der Waals surface area contributed by atoms with Crippen molar-refractivity contribution in [2.45, 2.75) is 116 Å². The van der Waals surface area contributed by atoms with Crippen LogP contribution in [0.1, 0.15) is 118 Å². The Morgan fingerprint density at radius 3 is 2.47 bits per heavy atom. The third-order valence-corrected chi connectivity index (χ3v) is 14.5. The quantitative estimate of drug-likeness (QED) is 0.238. The summed E-state index contributed by atoms with van der Waals surface area (Å²) in [5.41, 5.74) is 6.83. The SMILES string of the molecule is CC1=C2C[C@H]3[C@@H](CC=C4C[C@@H](O)CC[C@@]43C)[C@@H]2CC[C@]12O[C@@H]1C[C@H](C)CN(CCCC(=O)c3ccc(C(=O)c4ccccc4)cc3)[C@H]1[C@H]2C. The van der Waals surface area contributed by atoms with Crippen LogP contribution in [0.2, 0.25) is 0 Å². The molecule has 0 unspecified atom stereocenters. The molecule has 4 aliphatic carbocycles. The van der Waals surface area contributed by atoms with Gasteiger partial charge in [-0.15, -0.1) is 0 Å². The number of carbonyl (C=O) groups excluding carboxylic acids is 2. The van der Waals surface area contributed by atoms with Crippen molar-refractivity contribution in [3.63, 3.8) is 0 Å². The van der Waals surface area contributed by atoms with Crippen molar-refractivity contribution in [3.8, 4) is 0 Å². The van der Waals surface area contributed by atoms with E-state index in [9.17, 15) is 14.7 Å². The molecule has 2 aromatic rings. The Bertz CT molecular complexity index is 1660. The minimum atomic E-state index is -0.175. The molecule has 0 bridgehead atoms. The topological polar surface area (TPSA) is 66.8 Å². The molecule has 1 spiro atoms. The number of hydrogen-bond donors (Lipinski definition) is 1. The number of ether oxygens (including phenoxy) is 1. The maximum absolute atomic E-state index is 13.3. The fourth-order valence-electron chi connectivity index (χ4n) is 11.9. The molecule has 49 heavy (non-hydrogen) atoms. The highest BCUT2D eigenvalue weighted by Crippen LogP contribution is 2.65. The van der Waals surface area contributed by atoms with Crippen LogP contribution in [0.3, 0.4) is 0 Å². The molecular formula is C44H55NO4. The lowest BCUT2D eigenvalue weighted by atomic mass is 9.56. The Morgan fingerprint density at radius 2 is 1.69 bits per heavy atom. The van der Waals surface area contributed by atoms with E-state index in [-0.39, 0.29) is 34.8 Å². The van der Waals surface area contributed by atoms with Gasteiger partial charge >= 0.3 is 0 Å². The molecule has 2 aromatic carbocycles. The first-order chi connectivity index (χ1) is 23.6. The lowest BCUT2D eigenvalue weighted by Crippen LogP contribution is -2.52. The van der Waals surface area contributed by atoms with Crippen LogP contribution >= 0.6 is 0 Å². The predicted octanol–water partition coefficient (Wildman–Crippen LogP) is 8.61. The lowest BCUT2D eigenvalue weighted by molar-refractivity contribution is -0.0649. The minimum absolute atomic E-state index is 0.0184. The van der Waals surface area contributed by atoms with E-state index < -0.39 is 0 Å². The number of fused-ring (bicyclic) bond motifs is 6. The van der Waals surface area contributed by atoms with E-state index >= 15 is 0 Å². The number of nitrogens with zero attached hydrogens (tertiary/aromatic N) is 1. The van der Waals surface area contributed by atoms with Crippen LogP contribution < -0.4 is 0 Å². The molecule has 10 atom stereocenters. The number of piperidine rings is 1. The van der Waals surface area contributed by atoms with Crippen LogP contribution in [0.25, 0.3) is 0 Å². The molecule has 2 saturated heterocycles. The second-order valence-electron chi connectivity index (χ2n) is 17.0. The number of ketones is 2. The van der Waals surface area contributed by atoms with Crippen molar-refractivity contribution in [2.24, 2.45) is 35.0 Å². The van der Waals surface area contributed by atoms with E-state index in [0.29, 0.717) is 52.8 Å². The molecule has 0 aromatic heterocycles. The summed E-state index contributed by atoms with van der Waals surface area (Å²) in [5, 5.41) is 10.5. The monoisotopic (exact) mass is 661 g/mol. The number of likely N-dealkylation sites (tertiary alicyclic amines) is 1. The van der Waals surface area contributed by atoms with E-state index in [1.54, 1.807) is 23.3 Å². The van der Waals surface area contributed by atoms with Gasteiger partial charge in [-0.05, 0) is 106 Å². The number of rotatable bonds is 7. The first-order valence-corrected chi connectivity index (χ1v) is 19.3. The summed E-state index contributed by atoms with van der Waals surface area (Å²) < 4.78 is 7.35. The molecule has 2 heterocycles. The second kappa shape index (κ2) is 12.7. The summed E-state index contributed by atoms with van der Waals surface area (Å²) in [7, 11) is 0. The van der Waals surface area contributed by atoms with Crippen LogP contribution in [-0.4, -0.2) is 58.5 Å². The number of Topliss-reactive ketones (excluding diaryl/α,β-unsaturated/α-hetero) is 1. The van der Waals surface area contributed by atoms with Crippen molar-refractivity contribution in [1.29, 1.82) is 0 Å². The Kier molecular flexibility index (Phi) is 8.65. The van der Waals surface area contributed by atoms with Crippen LogP contribution in [0.15, 0.2) is 77.4 Å². The average Bonchev–Trinajstić information content (AvgIpc) is 3.63. The lowest BCUT2D eigenvalue weighted by Gasteiger charge is -2.49. The standard InChI is InChI=1S/C44H55NO4/c1-27-23-40-41(45(26-27)22-8-11-39(47)30-12-14-32(15-13-30)42(48)31-9-6-5-7-10-31)29(3)44(49-40)21-19-35-36-17-16-33-24-34(46)18-20-43(33,4)38(36)25-37(35)28(44)2/h5-7,9-10,12-16,27,29,34-36,38,40-41,46H,8,11,17-26H2,1-4H3/t27-,29+,34-,35-,36-,38-,40+,41-,43-,44-/m0/s1. The minimum Gasteiger partial charge on any atom is -0.393 e. The molecule has 0 radical (unpaired) electrons. The van der Waals surface area contributed by atoms with E-state index in [1.807, 2.05) is 42.5 Å². The number of aliphatic hydroxyl groups excluding tert-OH is 1. The summed E-state index contributed by atoms with van der Waals surface area (Å²) in [6.45, 7) is 11.7. The van der Waals surface area contributed by atoms with Crippen LogP contribution in [0.5, 0.6) is 0 Å². The number of aliphatic hydroxyl groups is 1. The number of allylic oxidation sites excluding steroid dienone is 2. The van der Waals surface area contributed by atoms with Crippen LogP contribution in [0, 0.1) is 35.0 Å². The van der Waals surface area contributed by atoms with E-state index in [1.165, 1.54) is 24.8 Å². The molecule has 5 nitrogen and oxygen atoms in total. The highest BCUT2D eigenvalue weighted by molar-refractivity contribution is 6.09. The molecule has 5 heteroatoms. The van der Waals surface area contributed by atoms with Crippen molar-refractivity contribution >= 4 is 11.6 Å². The van der Waals surface area contributed by atoms with Gasteiger partial charge in [0.05, 0.1) is 17.8 Å². The summed E-state index contributed by atoms with van der Waals surface area (Å²) >= 11 is 0. The Balaban J connectivity index is 0.944. The second-order valence-corrected chi connectivity index (χ2v) is 17.0. The van der Waals surface area contributed by atoms with Gasteiger partial charge in [0.15, 0.2) is 11.6 Å². The zero-order valence-corrected chi connectivity index (χ0v) is 30.0. The maximum Gasteiger partial charge on any atom is 0.193 e. The molecule has 4 fully saturated rings. The molecule has 260 valence electrons. The van der Waals surface area contributed by atoms with Crippen LogP contribution in [0.4, 0.5) is 0 Å². The number of carbonyl (C=O) groups is 2. The Hall–Kier alpha value is -2.86. The normalized spacial score (nSPS) is 38.4.